The predicted octanol–water partition coefficient (Wildman–Crippen LogP) is 7.32. The number of carbonyl (C=O) groups is 1. The first-order chi connectivity index (χ1) is 21.8. The highest BCUT2D eigenvalue weighted by molar-refractivity contribution is 6.74. The minimum atomic E-state index is -2.19. The number of nitrogens with one attached hydrogen (secondary N) is 1. The zero-order valence-electron chi connectivity index (χ0n) is 29.2. The van der Waals surface area contributed by atoms with Gasteiger partial charge in [0.1, 0.15) is 17.4 Å². The van der Waals surface area contributed by atoms with E-state index in [1.54, 1.807) is 33.0 Å². The van der Waals surface area contributed by atoms with E-state index in [9.17, 15) is 10.1 Å². The molecule has 1 aromatic carbocycles. The molecule has 2 aliphatic heterocycles. The monoisotopic (exact) mass is 659 g/mol. The molecule has 0 bridgehead atoms. The number of carbonyl (C=O) groups excluding carboxylic acids is 1. The fourth-order valence-electron chi connectivity index (χ4n) is 5.67. The molecular formula is C35H46FN7O3Si. The zero-order chi connectivity index (χ0) is 34.5. The number of halogens is 1. The summed E-state index contributed by atoms with van der Waals surface area (Å²) in [6, 6.07) is 7.66. The third kappa shape index (κ3) is 7.17. The molecule has 4 heterocycles. The molecule has 10 nitrogen and oxygen atoms in total. The Bertz CT molecular complexity index is 1740. The van der Waals surface area contributed by atoms with Crippen molar-refractivity contribution in [2.45, 2.75) is 90.6 Å². The third-order valence-electron chi connectivity index (χ3n) is 9.33. The van der Waals surface area contributed by atoms with E-state index >= 15 is 4.39 Å². The molecule has 0 saturated carbocycles. The van der Waals surface area contributed by atoms with Crippen molar-refractivity contribution in [3.8, 4) is 17.3 Å². The molecule has 0 saturated heterocycles. The van der Waals surface area contributed by atoms with Gasteiger partial charge in [-0.05, 0) is 75.3 Å². The second-order valence-electron chi connectivity index (χ2n) is 15.5. The number of pyridine rings is 1. The molecule has 0 fully saturated rings. The Balaban J connectivity index is 1.56. The molecule has 0 unspecified atom stereocenters. The largest absolute Gasteiger partial charge is 0.443 e. The van der Waals surface area contributed by atoms with Gasteiger partial charge in [-0.2, -0.15) is 5.26 Å². The van der Waals surface area contributed by atoms with Crippen LogP contribution in [0.2, 0.25) is 18.1 Å². The maximum Gasteiger partial charge on any atom is 0.414 e. The first kappa shape index (κ1) is 34.4. The summed E-state index contributed by atoms with van der Waals surface area (Å²) in [6.07, 6.45) is 3.19. The van der Waals surface area contributed by atoms with Crippen molar-refractivity contribution in [3.63, 3.8) is 0 Å². The number of hydrogen-bond acceptors (Lipinski definition) is 9. The van der Waals surface area contributed by atoms with E-state index in [4.69, 9.17) is 9.16 Å². The number of nitriles is 1. The Morgan fingerprint density at radius 3 is 2.53 bits per heavy atom. The molecular weight excluding hydrogens is 614 g/mol. The second-order valence-corrected chi connectivity index (χ2v) is 20.3. The van der Waals surface area contributed by atoms with Gasteiger partial charge < -0.3 is 19.4 Å². The summed E-state index contributed by atoms with van der Waals surface area (Å²) in [6.45, 7) is 20.6. The lowest BCUT2D eigenvalue weighted by atomic mass is 9.83. The lowest BCUT2D eigenvalue weighted by molar-refractivity contribution is 0.0575. The van der Waals surface area contributed by atoms with Crippen LogP contribution in [0, 0.1) is 17.1 Å². The van der Waals surface area contributed by atoms with Gasteiger partial charge >= 0.3 is 6.09 Å². The van der Waals surface area contributed by atoms with Crippen LogP contribution in [0.25, 0.3) is 11.3 Å². The van der Waals surface area contributed by atoms with Crippen LogP contribution in [-0.4, -0.2) is 66.6 Å². The Morgan fingerprint density at radius 2 is 1.87 bits per heavy atom. The summed E-state index contributed by atoms with van der Waals surface area (Å²) in [5.74, 6) is -0.434. The average molecular weight is 660 g/mol. The molecule has 0 radical (unpaired) electrons. The van der Waals surface area contributed by atoms with Crippen molar-refractivity contribution in [1.82, 2.24) is 19.9 Å². The number of rotatable bonds is 6. The van der Waals surface area contributed by atoms with Crippen LogP contribution in [0.4, 0.5) is 26.5 Å². The lowest BCUT2D eigenvalue weighted by Gasteiger charge is -2.39. The number of aromatic nitrogens is 3. The van der Waals surface area contributed by atoms with Crippen LogP contribution >= 0.6 is 0 Å². The van der Waals surface area contributed by atoms with E-state index in [2.05, 4.69) is 72.2 Å². The average Bonchev–Trinajstić information content (AvgIpc) is 3.28. The smallest absolute Gasteiger partial charge is 0.414 e. The summed E-state index contributed by atoms with van der Waals surface area (Å²) in [5.41, 5.74) is 3.24. The number of benzene rings is 1. The van der Waals surface area contributed by atoms with Crippen LogP contribution in [0.3, 0.4) is 0 Å². The van der Waals surface area contributed by atoms with Gasteiger partial charge in [0.2, 0.25) is 5.95 Å². The van der Waals surface area contributed by atoms with Crippen molar-refractivity contribution in [3.05, 3.63) is 58.8 Å². The van der Waals surface area contributed by atoms with Crippen LogP contribution in [0.15, 0.2) is 30.6 Å². The summed E-state index contributed by atoms with van der Waals surface area (Å²) >= 11 is 0. The summed E-state index contributed by atoms with van der Waals surface area (Å²) in [4.78, 5) is 30.7. The summed E-state index contributed by atoms with van der Waals surface area (Å²) in [7, 11) is -0.120. The minimum Gasteiger partial charge on any atom is -0.443 e. The fourth-order valence-corrected chi connectivity index (χ4v) is 6.78. The molecule has 3 aromatic rings. The normalized spacial score (nSPS) is 18.4. The van der Waals surface area contributed by atoms with Gasteiger partial charge in [0.15, 0.2) is 14.1 Å². The van der Waals surface area contributed by atoms with Gasteiger partial charge in [-0.25, -0.2) is 19.2 Å². The molecule has 1 amide bonds. The number of fused-ring (bicyclic) bond motifs is 2. The molecule has 12 heteroatoms. The molecule has 0 spiro atoms. The van der Waals surface area contributed by atoms with Crippen LogP contribution in [0.1, 0.15) is 70.9 Å². The van der Waals surface area contributed by atoms with Crippen molar-refractivity contribution in [2.75, 3.05) is 37.0 Å². The SMILES string of the molecule is CN1CCc2ncc(Nc3ncc(F)c(-c4cc(C#N)c5c(c4)[C@@](C)(CO[Si](C)(C)C(C)(C)C)CN5C(=O)OC(C)(C)C)n3)cc2C1. The van der Waals surface area contributed by atoms with Gasteiger partial charge in [0.05, 0.1) is 29.3 Å². The molecule has 1 N–H and O–H groups in total. The number of nitrogens with zero attached hydrogens (tertiary/aromatic N) is 6. The van der Waals surface area contributed by atoms with Gasteiger partial charge in [-0.1, -0.05) is 27.7 Å². The highest BCUT2D eigenvalue weighted by Gasteiger charge is 2.47. The van der Waals surface area contributed by atoms with Crippen molar-refractivity contribution < 1.29 is 18.3 Å². The van der Waals surface area contributed by atoms with Crippen LogP contribution in [-0.2, 0) is 27.5 Å². The fraction of sp³-hybridized carbons (Fsp3) is 0.514. The van der Waals surface area contributed by atoms with E-state index in [1.807, 2.05) is 19.1 Å². The highest BCUT2D eigenvalue weighted by Crippen LogP contribution is 2.47. The standard InChI is InChI=1S/C35H46FN7O3Si/c1-33(2,3)46-32(44)43-20-35(7,21-45-47(9,10)34(4,5)6)26-15-22(13-23(16-37)30(26)43)29-27(36)18-39-31(41-29)40-25-14-24-19-42(8)12-11-28(24)38-17-25/h13-15,17-18H,11-12,19-21H2,1-10H3,(H,39,40,41)/t35-/m1/s1. The van der Waals surface area contributed by atoms with Gasteiger partial charge in [-0.3, -0.25) is 9.88 Å². The molecule has 250 valence electrons. The third-order valence-corrected chi connectivity index (χ3v) is 13.8. The van der Waals surface area contributed by atoms with Gasteiger partial charge in [0, 0.05) is 49.3 Å². The van der Waals surface area contributed by atoms with Crippen molar-refractivity contribution >= 4 is 31.7 Å². The first-order valence-electron chi connectivity index (χ1n) is 16.0. The molecule has 5 rings (SSSR count). The topological polar surface area (TPSA) is 116 Å². The molecule has 2 aliphatic rings. The van der Waals surface area contributed by atoms with Crippen LogP contribution in [0.5, 0.6) is 0 Å². The molecule has 2 aromatic heterocycles. The maximum absolute atomic E-state index is 15.5. The lowest BCUT2D eigenvalue weighted by Crippen LogP contribution is -2.46. The summed E-state index contributed by atoms with van der Waals surface area (Å²) < 4.78 is 28.0. The first-order valence-corrected chi connectivity index (χ1v) is 18.9. The highest BCUT2D eigenvalue weighted by atomic mass is 28.4. The molecule has 0 aliphatic carbocycles. The number of ether oxygens (including phenoxy) is 1. The minimum absolute atomic E-state index is 0.0354. The molecule has 47 heavy (non-hydrogen) atoms. The summed E-state index contributed by atoms with van der Waals surface area (Å²) in [5, 5.41) is 13.5. The Labute approximate surface area is 278 Å². The van der Waals surface area contributed by atoms with Crippen LogP contribution < -0.4 is 10.2 Å². The zero-order valence-corrected chi connectivity index (χ0v) is 30.2. The Morgan fingerprint density at radius 1 is 1.15 bits per heavy atom. The quantitative estimate of drug-likeness (QED) is 0.272. The van der Waals surface area contributed by atoms with E-state index in [-0.39, 0.29) is 28.8 Å². The number of hydrogen-bond donors (Lipinski definition) is 1. The van der Waals surface area contributed by atoms with Gasteiger partial charge in [-0.15, -0.1) is 0 Å². The number of anilines is 3. The Kier molecular flexibility index (Phi) is 8.98. The predicted molar refractivity (Wildman–Crippen MR) is 184 cm³/mol. The number of likely N-dealkylation sites (N-methyl/N-ethyl adjacent to an activating group) is 1. The van der Waals surface area contributed by atoms with Gasteiger partial charge in [0.25, 0.3) is 0 Å². The number of amides is 1. The van der Waals surface area contributed by atoms with E-state index in [0.29, 0.717) is 29.1 Å². The molecule has 1 atom stereocenters. The Hall–Kier alpha value is -3.92. The second kappa shape index (κ2) is 12.3. The van der Waals surface area contributed by atoms with Crippen molar-refractivity contribution in [2.24, 2.45) is 0 Å². The van der Waals surface area contributed by atoms with Crippen molar-refractivity contribution in [1.29, 1.82) is 5.26 Å². The van der Waals surface area contributed by atoms with E-state index in [0.717, 1.165) is 37.0 Å². The van der Waals surface area contributed by atoms with E-state index < -0.39 is 31.2 Å². The van der Waals surface area contributed by atoms with E-state index in [1.165, 1.54) is 4.90 Å². The maximum atomic E-state index is 15.5.